The van der Waals surface area contributed by atoms with Crippen LogP contribution < -0.4 is 5.32 Å². The first-order valence-corrected chi connectivity index (χ1v) is 9.27. The molecule has 2 aromatic carbocycles. The molecule has 0 aromatic heterocycles. The van der Waals surface area contributed by atoms with E-state index < -0.39 is 0 Å². The van der Waals surface area contributed by atoms with Crippen molar-refractivity contribution in [3.05, 3.63) is 75.1 Å². The number of halogens is 2. The van der Waals surface area contributed by atoms with E-state index in [0.717, 1.165) is 4.47 Å². The van der Waals surface area contributed by atoms with Crippen molar-refractivity contribution in [1.82, 2.24) is 0 Å². The molecule has 0 spiro atoms. The van der Waals surface area contributed by atoms with E-state index in [1.807, 2.05) is 6.08 Å². The number of aliphatic imine (C=N–C) groups is 1. The molecule has 0 saturated carbocycles. The minimum absolute atomic E-state index is 0.107. The highest BCUT2D eigenvalue weighted by Crippen LogP contribution is 2.31. The summed E-state index contributed by atoms with van der Waals surface area (Å²) in [5.41, 5.74) is 1.80. The van der Waals surface area contributed by atoms with E-state index in [-0.39, 0.29) is 17.4 Å². The van der Waals surface area contributed by atoms with Gasteiger partial charge in [-0.15, -0.1) is 0 Å². The molecule has 5 nitrogen and oxygen atoms in total. The summed E-state index contributed by atoms with van der Waals surface area (Å²) < 4.78 is 6.58. The SMILES string of the molecule is O=C(Nc1cccc(N=Cc2cc(Br)cc(Br)c2O)c1)C1=CCC=CO1. The van der Waals surface area contributed by atoms with Crippen molar-refractivity contribution >= 4 is 55.4 Å². The van der Waals surface area contributed by atoms with Crippen LogP contribution in [0.5, 0.6) is 5.75 Å². The standard InChI is InChI=1S/C19H14Br2N2O3/c20-13-8-12(18(24)16(21)9-13)11-22-14-4-3-5-15(10-14)23-19(25)17-6-1-2-7-26-17/h2-11,24H,1H2,(H,23,25). The molecule has 7 heteroatoms. The predicted octanol–water partition coefficient (Wildman–Crippen LogP) is 5.42. The Morgan fingerprint density at radius 1 is 1.27 bits per heavy atom. The number of allylic oxidation sites excluding steroid dienone is 2. The molecule has 2 aromatic rings. The Bertz CT molecular complexity index is 936. The lowest BCUT2D eigenvalue weighted by Gasteiger charge is -2.10. The Hall–Kier alpha value is -2.38. The van der Waals surface area contributed by atoms with E-state index in [0.29, 0.717) is 27.8 Å². The summed E-state index contributed by atoms with van der Waals surface area (Å²) in [5.74, 6) is 0.0604. The average Bonchev–Trinajstić information content (AvgIpc) is 2.64. The highest BCUT2D eigenvalue weighted by Gasteiger charge is 2.12. The summed E-state index contributed by atoms with van der Waals surface area (Å²) >= 11 is 6.67. The van der Waals surface area contributed by atoms with E-state index in [1.165, 1.54) is 6.26 Å². The van der Waals surface area contributed by atoms with Crippen LogP contribution in [0.15, 0.2) is 74.5 Å². The van der Waals surface area contributed by atoms with Crippen molar-refractivity contribution < 1.29 is 14.6 Å². The molecule has 26 heavy (non-hydrogen) atoms. The first kappa shape index (κ1) is 18.4. The van der Waals surface area contributed by atoms with E-state index in [2.05, 4.69) is 42.2 Å². The van der Waals surface area contributed by atoms with Crippen LogP contribution in [0.4, 0.5) is 11.4 Å². The Labute approximate surface area is 167 Å². The number of anilines is 1. The van der Waals surface area contributed by atoms with Crippen LogP contribution in [0.1, 0.15) is 12.0 Å². The lowest BCUT2D eigenvalue weighted by molar-refractivity contribution is -0.115. The van der Waals surface area contributed by atoms with Gasteiger partial charge in [-0.1, -0.05) is 22.0 Å². The molecule has 1 aliphatic heterocycles. The number of carbonyl (C=O) groups excluding carboxylic acids is 1. The molecule has 0 atom stereocenters. The maximum absolute atomic E-state index is 12.2. The molecule has 0 unspecified atom stereocenters. The van der Waals surface area contributed by atoms with Gasteiger partial charge in [-0.2, -0.15) is 0 Å². The fourth-order valence-electron chi connectivity index (χ4n) is 2.23. The van der Waals surface area contributed by atoms with Gasteiger partial charge in [0.05, 0.1) is 16.4 Å². The molecule has 0 saturated heterocycles. The van der Waals surface area contributed by atoms with Gasteiger partial charge < -0.3 is 15.2 Å². The number of nitrogens with zero attached hydrogens (tertiary/aromatic N) is 1. The van der Waals surface area contributed by atoms with Gasteiger partial charge in [0.2, 0.25) is 0 Å². The van der Waals surface area contributed by atoms with Crippen LogP contribution >= 0.6 is 31.9 Å². The van der Waals surface area contributed by atoms with Crippen molar-refractivity contribution in [1.29, 1.82) is 0 Å². The monoisotopic (exact) mass is 476 g/mol. The number of hydrogen-bond acceptors (Lipinski definition) is 4. The molecule has 2 N–H and O–H groups in total. The third kappa shape index (κ3) is 4.62. The highest BCUT2D eigenvalue weighted by atomic mass is 79.9. The lowest BCUT2D eigenvalue weighted by Crippen LogP contribution is -2.16. The number of aromatic hydroxyl groups is 1. The third-order valence-electron chi connectivity index (χ3n) is 3.47. The molecule has 0 bridgehead atoms. The molecule has 132 valence electrons. The fourth-order valence-corrected chi connectivity index (χ4v) is 3.49. The van der Waals surface area contributed by atoms with Gasteiger partial charge in [-0.3, -0.25) is 9.79 Å². The van der Waals surface area contributed by atoms with Gasteiger partial charge in [0.25, 0.3) is 5.91 Å². The molecule has 0 radical (unpaired) electrons. The molecule has 1 amide bonds. The van der Waals surface area contributed by atoms with Crippen molar-refractivity contribution in [2.24, 2.45) is 4.99 Å². The number of carbonyl (C=O) groups is 1. The molecule has 0 fully saturated rings. The lowest BCUT2D eigenvalue weighted by atomic mass is 10.2. The van der Waals surface area contributed by atoms with Gasteiger partial charge in [-0.25, -0.2) is 0 Å². The number of phenolic OH excluding ortho intramolecular Hbond substituents is 1. The van der Waals surface area contributed by atoms with Crippen molar-refractivity contribution in [3.63, 3.8) is 0 Å². The van der Waals surface area contributed by atoms with E-state index in [4.69, 9.17) is 4.74 Å². The van der Waals surface area contributed by atoms with E-state index in [9.17, 15) is 9.90 Å². The zero-order valence-electron chi connectivity index (χ0n) is 13.4. The summed E-state index contributed by atoms with van der Waals surface area (Å²) in [4.78, 5) is 16.5. The maximum Gasteiger partial charge on any atom is 0.291 e. The van der Waals surface area contributed by atoms with E-state index in [1.54, 1.807) is 48.7 Å². The molecule has 1 heterocycles. The average molecular weight is 478 g/mol. The Balaban J connectivity index is 1.75. The van der Waals surface area contributed by atoms with Crippen LogP contribution in [0.2, 0.25) is 0 Å². The minimum Gasteiger partial charge on any atom is -0.506 e. The second-order valence-corrected chi connectivity index (χ2v) is 7.15. The fraction of sp³-hybridized carbons (Fsp3) is 0.0526. The Morgan fingerprint density at radius 2 is 2.12 bits per heavy atom. The van der Waals surface area contributed by atoms with Crippen LogP contribution in [-0.2, 0) is 9.53 Å². The zero-order chi connectivity index (χ0) is 18.5. The Kier molecular flexibility index (Phi) is 5.90. The first-order valence-electron chi connectivity index (χ1n) is 7.68. The quantitative estimate of drug-likeness (QED) is 0.577. The number of rotatable bonds is 4. The topological polar surface area (TPSA) is 70.9 Å². The first-order chi connectivity index (χ1) is 12.5. The number of phenols is 1. The summed E-state index contributed by atoms with van der Waals surface area (Å²) in [6.07, 6.45) is 7.26. The number of hydrogen-bond donors (Lipinski definition) is 2. The van der Waals surface area contributed by atoms with Gasteiger partial charge in [0.15, 0.2) is 5.76 Å². The predicted molar refractivity (Wildman–Crippen MR) is 109 cm³/mol. The molecule has 3 rings (SSSR count). The normalized spacial score (nSPS) is 13.4. The zero-order valence-corrected chi connectivity index (χ0v) is 16.6. The number of nitrogens with one attached hydrogen (secondary N) is 1. The van der Waals surface area contributed by atoms with Gasteiger partial charge in [-0.05, 0) is 64.8 Å². The second-order valence-electron chi connectivity index (χ2n) is 5.38. The highest BCUT2D eigenvalue weighted by molar-refractivity contribution is 9.11. The van der Waals surface area contributed by atoms with Crippen LogP contribution in [0.3, 0.4) is 0 Å². The second kappa shape index (κ2) is 8.33. The van der Waals surface area contributed by atoms with Crippen molar-refractivity contribution in [2.45, 2.75) is 6.42 Å². The number of amides is 1. The van der Waals surface area contributed by atoms with Gasteiger partial charge in [0, 0.05) is 21.9 Å². The van der Waals surface area contributed by atoms with Crippen molar-refractivity contribution in [3.8, 4) is 5.75 Å². The van der Waals surface area contributed by atoms with Crippen molar-refractivity contribution in [2.75, 3.05) is 5.32 Å². The maximum atomic E-state index is 12.2. The molecular weight excluding hydrogens is 464 g/mol. The van der Waals surface area contributed by atoms with Crippen LogP contribution in [0, 0.1) is 0 Å². The summed E-state index contributed by atoms with van der Waals surface area (Å²) in [7, 11) is 0. The number of benzene rings is 2. The third-order valence-corrected chi connectivity index (χ3v) is 4.53. The van der Waals surface area contributed by atoms with Crippen LogP contribution in [-0.4, -0.2) is 17.2 Å². The molecular formula is C19H14Br2N2O3. The molecule has 1 aliphatic rings. The Morgan fingerprint density at radius 3 is 2.88 bits per heavy atom. The summed E-state index contributed by atoms with van der Waals surface area (Å²) in [6, 6.07) is 10.6. The smallest absolute Gasteiger partial charge is 0.291 e. The van der Waals surface area contributed by atoms with Gasteiger partial charge >= 0.3 is 0 Å². The summed E-state index contributed by atoms with van der Waals surface area (Å²) in [5, 5.41) is 12.9. The number of ether oxygens (including phenoxy) is 1. The minimum atomic E-state index is -0.316. The summed E-state index contributed by atoms with van der Waals surface area (Å²) in [6.45, 7) is 0. The largest absolute Gasteiger partial charge is 0.506 e. The van der Waals surface area contributed by atoms with E-state index >= 15 is 0 Å². The van der Waals surface area contributed by atoms with Gasteiger partial charge in [0.1, 0.15) is 5.75 Å². The van der Waals surface area contributed by atoms with Crippen LogP contribution in [0.25, 0.3) is 0 Å². The molecule has 0 aliphatic carbocycles.